The molecule has 0 saturated carbocycles. The Kier molecular flexibility index (Phi) is 3.41. The van der Waals surface area contributed by atoms with Crippen molar-refractivity contribution in [2.75, 3.05) is 0 Å². The van der Waals surface area contributed by atoms with Gasteiger partial charge in [-0.15, -0.1) is 0 Å². The highest BCUT2D eigenvalue weighted by Gasteiger charge is 2.27. The summed E-state index contributed by atoms with van der Waals surface area (Å²) in [5, 5.41) is 9.17. The van der Waals surface area contributed by atoms with Crippen LogP contribution in [0.3, 0.4) is 0 Å². The minimum atomic E-state index is -0.732. The van der Waals surface area contributed by atoms with Crippen LogP contribution in [0.15, 0.2) is 18.3 Å². The summed E-state index contributed by atoms with van der Waals surface area (Å²) in [6, 6.07) is 3.90. The van der Waals surface area contributed by atoms with Gasteiger partial charge in [0.05, 0.1) is 5.92 Å². The van der Waals surface area contributed by atoms with Crippen LogP contribution in [0.5, 0.6) is 0 Å². The summed E-state index contributed by atoms with van der Waals surface area (Å²) in [4.78, 5) is 24.6. The van der Waals surface area contributed by atoms with Crippen molar-refractivity contribution >= 4 is 5.97 Å². The van der Waals surface area contributed by atoms with Gasteiger partial charge in [-0.2, -0.15) is 0 Å². The highest BCUT2D eigenvalue weighted by molar-refractivity contribution is 5.71. The van der Waals surface area contributed by atoms with E-state index in [1.165, 1.54) is 0 Å². The second-order valence-corrected chi connectivity index (χ2v) is 5.55. The number of hydrogen-bond donors (Lipinski definition) is 1. The summed E-state index contributed by atoms with van der Waals surface area (Å²) < 4.78 is 0. The lowest BCUT2D eigenvalue weighted by Gasteiger charge is -2.22. The molecule has 108 valence electrons. The van der Waals surface area contributed by atoms with E-state index in [4.69, 9.17) is 5.11 Å². The monoisotopic (exact) mass is 283 g/mol. The summed E-state index contributed by atoms with van der Waals surface area (Å²) >= 11 is 0. The zero-order valence-electron chi connectivity index (χ0n) is 12.1. The van der Waals surface area contributed by atoms with Crippen LogP contribution in [-0.2, 0) is 17.6 Å². The molecule has 5 heteroatoms. The molecule has 0 aliphatic heterocycles. The zero-order chi connectivity index (χ0) is 15.0. The van der Waals surface area contributed by atoms with Gasteiger partial charge in [0, 0.05) is 17.6 Å². The summed E-state index contributed by atoms with van der Waals surface area (Å²) in [5.41, 5.74) is 4.71. The summed E-state index contributed by atoms with van der Waals surface area (Å²) in [5.74, 6) is -0.420. The first-order chi connectivity index (χ1) is 10.0. The van der Waals surface area contributed by atoms with Gasteiger partial charge in [-0.3, -0.25) is 9.78 Å². The normalized spacial score (nSPS) is 17.3. The Morgan fingerprint density at radius 1 is 1.33 bits per heavy atom. The van der Waals surface area contributed by atoms with Crippen LogP contribution < -0.4 is 0 Å². The standard InChI is InChI=1S/C16H17N3O2/c1-9-5-6-17-14(7-9)15-18-10(2)12-8-11(16(20)21)3-4-13(12)19-15/h5-7,11H,3-4,8H2,1-2H3,(H,20,21). The number of carboxylic acid groups (broad SMARTS) is 1. The molecule has 0 fully saturated rings. The van der Waals surface area contributed by atoms with E-state index in [0.29, 0.717) is 25.1 Å². The first-order valence-electron chi connectivity index (χ1n) is 7.07. The Morgan fingerprint density at radius 3 is 2.86 bits per heavy atom. The number of pyridine rings is 1. The van der Waals surface area contributed by atoms with E-state index >= 15 is 0 Å². The molecular weight excluding hydrogens is 266 g/mol. The molecule has 0 saturated heterocycles. The molecule has 5 nitrogen and oxygen atoms in total. The summed E-state index contributed by atoms with van der Waals surface area (Å²) in [6.45, 7) is 3.93. The fourth-order valence-electron chi connectivity index (χ4n) is 2.77. The molecule has 2 heterocycles. The minimum absolute atomic E-state index is 0.317. The van der Waals surface area contributed by atoms with Crippen molar-refractivity contribution in [2.24, 2.45) is 5.92 Å². The zero-order valence-corrected chi connectivity index (χ0v) is 12.1. The number of rotatable bonds is 2. The maximum absolute atomic E-state index is 11.2. The number of hydrogen-bond acceptors (Lipinski definition) is 4. The average Bonchev–Trinajstić information content (AvgIpc) is 2.46. The van der Waals surface area contributed by atoms with Crippen LogP contribution in [-0.4, -0.2) is 26.0 Å². The molecule has 2 aromatic heterocycles. The number of aromatic nitrogens is 3. The molecule has 0 bridgehead atoms. The predicted molar refractivity (Wildman–Crippen MR) is 77.9 cm³/mol. The first-order valence-corrected chi connectivity index (χ1v) is 7.07. The number of carbonyl (C=O) groups is 1. The molecule has 1 atom stereocenters. The largest absolute Gasteiger partial charge is 0.481 e. The van der Waals surface area contributed by atoms with Gasteiger partial charge in [-0.1, -0.05) is 0 Å². The van der Waals surface area contributed by atoms with Crippen LogP contribution in [0.1, 0.15) is 28.9 Å². The van der Waals surface area contributed by atoms with Crippen LogP contribution in [0, 0.1) is 19.8 Å². The lowest BCUT2D eigenvalue weighted by Crippen LogP contribution is -2.24. The molecule has 2 aromatic rings. The predicted octanol–water partition coefficient (Wildman–Crippen LogP) is 2.34. The fourth-order valence-corrected chi connectivity index (χ4v) is 2.77. The second kappa shape index (κ2) is 5.24. The third kappa shape index (κ3) is 2.63. The maximum Gasteiger partial charge on any atom is 0.306 e. The molecule has 1 aliphatic rings. The van der Waals surface area contributed by atoms with E-state index in [9.17, 15) is 4.79 Å². The van der Waals surface area contributed by atoms with Crippen molar-refractivity contribution in [1.29, 1.82) is 0 Å². The summed E-state index contributed by atoms with van der Waals surface area (Å²) in [6.07, 6.45) is 3.61. The van der Waals surface area contributed by atoms with Crippen molar-refractivity contribution in [3.8, 4) is 11.5 Å². The lowest BCUT2D eigenvalue weighted by atomic mass is 9.86. The quantitative estimate of drug-likeness (QED) is 0.915. The third-order valence-electron chi connectivity index (χ3n) is 3.97. The van der Waals surface area contributed by atoms with E-state index in [1.807, 2.05) is 26.0 Å². The maximum atomic E-state index is 11.2. The number of fused-ring (bicyclic) bond motifs is 1. The van der Waals surface area contributed by atoms with Gasteiger partial charge >= 0.3 is 5.97 Å². The molecule has 0 spiro atoms. The van der Waals surface area contributed by atoms with Crippen molar-refractivity contribution in [3.05, 3.63) is 40.8 Å². The van der Waals surface area contributed by atoms with Crippen molar-refractivity contribution in [1.82, 2.24) is 15.0 Å². The molecule has 0 amide bonds. The van der Waals surface area contributed by atoms with E-state index < -0.39 is 5.97 Å². The van der Waals surface area contributed by atoms with Gasteiger partial charge in [-0.25, -0.2) is 9.97 Å². The molecule has 0 aromatic carbocycles. The smallest absolute Gasteiger partial charge is 0.306 e. The summed E-state index contributed by atoms with van der Waals surface area (Å²) in [7, 11) is 0. The second-order valence-electron chi connectivity index (χ2n) is 5.55. The number of aryl methyl sites for hydroxylation is 3. The van der Waals surface area contributed by atoms with Gasteiger partial charge in [0.25, 0.3) is 0 Å². The lowest BCUT2D eigenvalue weighted by molar-refractivity contribution is -0.142. The van der Waals surface area contributed by atoms with Gasteiger partial charge in [0.1, 0.15) is 5.69 Å². The Balaban J connectivity index is 2.01. The third-order valence-corrected chi connectivity index (χ3v) is 3.97. The van der Waals surface area contributed by atoms with Gasteiger partial charge in [-0.05, 0) is 56.4 Å². The molecule has 21 heavy (non-hydrogen) atoms. The Labute approximate surface area is 123 Å². The Morgan fingerprint density at radius 2 is 2.14 bits per heavy atom. The molecule has 0 radical (unpaired) electrons. The Hall–Kier alpha value is -2.30. The topological polar surface area (TPSA) is 76.0 Å². The molecule has 1 aliphatic carbocycles. The SMILES string of the molecule is Cc1ccnc(-c2nc(C)c3c(n2)CCC(C(=O)O)C3)c1. The highest BCUT2D eigenvalue weighted by Crippen LogP contribution is 2.28. The Bertz CT molecular complexity index is 713. The van der Waals surface area contributed by atoms with E-state index in [2.05, 4.69) is 15.0 Å². The van der Waals surface area contributed by atoms with E-state index in [-0.39, 0.29) is 5.92 Å². The highest BCUT2D eigenvalue weighted by atomic mass is 16.4. The van der Waals surface area contributed by atoms with Gasteiger partial charge < -0.3 is 5.11 Å². The fraction of sp³-hybridized carbons (Fsp3) is 0.375. The van der Waals surface area contributed by atoms with E-state index in [0.717, 1.165) is 28.2 Å². The number of aliphatic carboxylic acids is 1. The van der Waals surface area contributed by atoms with Crippen LogP contribution in [0.25, 0.3) is 11.5 Å². The molecule has 3 rings (SSSR count). The van der Waals surface area contributed by atoms with Crippen LogP contribution in [0.4, 0.5) is 0 Å². The van der Waals surface area contributed by atoms with Crippen molar-refractivity contribution in [3.63, 3.8) is 0 Å². The van der Waals surface area contributed by atoms with Crippen molar-refractivity contribution in [2.45, 2.75) is 33.1 Å². The first kappa shape index (κ1) is 13.7. The van der Waals surface area contributed by atoms with Gasteiger partial charge in [0.2, 0.25) is 0 Å². The van der Waals surface area contributed by atoms with Crippen LogP contribution >= 0.6 is 0 Å². The minimum Gasteiger partial charge on any atom is -0.481 e. The van der Waals surface area contributed by atoms with Crippen molar-refractivity contribution < 1.29 is 9.90 Å². The number of nitrogens with zero attached hydrogens (tertiary/aromatic N) is 3. The van der Waals surface area contributed by atoms with Gasteiger partial charge in [0.15, 0.2) is 5.82 Å². The molecule has 1 N–H and O–H groups in total. The average molecular weight is 283 g/mol. The molecule has 1 unspecified atom stereocenters. The van der Waals surface area contributed by atoms with Crippen LogP contribution in [0.2, 0.25) is 0 Å². The number of carboxylic acids is 1. The molecular formula is C16H17N3O2. The van der Waals surface area contributed by atoms with E-state index in [1.54, 1.807) is 6.20 Å².